The molecule has 5 atom stereocenters. The van der Waals surface area contributed by atoms with Crippen LogP contribution in [0.15, 0.2) is 58.8 Å². The maximum absolute atomic E-state index is 14.8. The van der Waals surface area contributed by atoms with Gasteiger partial charge >= 0.3 is 0 Å². The van der Waals surface area contributed by atoms with Crippen molar-refractivity contribution in [2.45, 2.75) is 114 Å². The van der Waals surface area contributed by atoms with Crippen molar-refractivity contribution < 1.29 is 37.1 Å². The second-order valence-corrected chi connectivity index (χ2v) is 20.2. The number of hydrogen-bond acceptors (Lipinski definition) is 13. The molecule has 1 saturated carbocycles. The molecule has 4 amide bonds. The first kappa shape index (κ1) is 46.5. The zero-order valence-corrected chi connectivity index (χ0v) is 39.0. The molecular weight excluding hydrogens is 857 g/mol. The highest BCUT2D eigenvalue weighted by Crippen LogP contribution is 2.48. The van der Waals surface area contributed by atoms with Gasteiger partial charge < -0.3 is 35.6 Å². The van der Waals surface area contributed by atoms with Gasteiger partial charge in [-0.2, -0.15) is 0 Å². The molecule has 0 spiro atoms. The van der Waals surface area contributed by atoms with Gasteiger partial charge in [0.1, 0.15) is 39.8 Å². The summed E-state index contributed by atoms with van der Waals surface area (Å²) in [5.74, 6) is -2.42. The molecule has 4 heterocycles. The Labute approximate surface area is 379 Å². The average molecular weight is 917 g/mol. The van der Waals surface area contributed by atoms with Gasteiger partial charge in [0.05, 0.1) is 30.6 Å². The highest BCUT2D eigenvalue weighted by molar-refractivity contribution is 7.90. The summed E-state index contributed by atoms with van der Waals surface area (Å²) in [6.45, 7) is 8.36. The number of methoxy groups -OCH3 is 1. The van der Waals surface area contributed by atoms with Crippen LogP contribution in [0.4, 0.5) is 10.8 Å². The summed E-state index contributed by atoms with van der Waals surface area (Å²) in [4.78, 5) is 67.6. The smallest absolute Gasteiger partial charge is 0.266 e. The molecule has 2 aromatic carbocycles. The summed E-state index contributed by atoms with van der Waals surface area (Å²) in [5.41, 5.74) is 0.642. The second kappa shape index (κ2) is 19.7. The monoisotopic (exact) mass is 916 g/mol. The first-order chi connectivity index (χ1) is 30.6. The van der Waals surface area contributed by atoms with E-state index in [0.717, 1.165) is 37.2 Å². The number of pyridine rings is 1. The van der Waals surface area contributed by atoms with Crippen LogP contribution in [-0.2, 0) is 29.2 Å². The lowest BCUT2D eigenvalue weighted by Gasteiger charge is -2.30. The van der Waals surface area contributed by atoms with Crippen molar-refractivity contribution in [3.8, 4) is 22.9 Å². The van der Waals surface area contributed by atoms with Gasteiger partial charge in [0.15, 0.2) is 5.13 Å². The first-order valence-corrected chi connectivity index (χ1v) is 24.6. The van der Waals surface area contributed by atoms with E-state index < -0.39 is 51.3 Å². The number of aromatic nitrogens is 2. The van der Waals surface area contributed by atoms with E-state index in [-0.39, 0.29) is 54.5 Å². The maximum Gasteiger partial charge on any atom is 0.266 e. The van der Waals surface area contributed by atoms with E-state index in [9.17, 15) is 27.6 Å². The van der Waals surface area contributed by atoms with Crippen molar-refractivity contribution in [1.29, 1.82) is 0 Å². The summed E-state index contributed by atoms with van der Waals surface area (Å²) in [6.07, 6.45) is 4.65. The number of amides is 4. The number of sulfonamides is 1. The highest BCUT2D eigenvalue weighted by Gasteiger charge is 2.62. The van der Waals surface area contributed by atoms with Crippen molar-refractivity contribution in [3.05, 3.63) is 53.9 Å². The third-order valence-electron chi connectivity index (χ3n) is 12.4. The Morgan fingerprint density at radius 1 is 1.00 bits per heavy atom. The molecule has 344 valence electrons. The Bertz CT molecular complexity index is 2480. The van der Waals surface area contributed by atoms with E-state index in [0.29, 0.717) is 52.4 Å². The fourth-order valence-electron chi connectivity index (χ4n) is 8.77. The number of likely N-dealkylation sites (tertiary alicyclic amines) is 1. The normalized spacial score (nSPS) is 22.8. The molecule has 1 saturated heterocycles. The quantitative estimate of drug-likeness (QED) is 0.109. The number of hydrogen-bond donors (Lipinski definition) is 5. The van der Waals surface area contributed by atoms with Gasteiger partial charge in [-0.3, -0.25) is 19.2 Å². The summed E-state index contributed by atoms with van der Waals surface area (Å²) in [7, 11) is -1.27. The fraction of sp³-hybridized carbons (Fsp3) is 0.522. The zero-order valence-electron chi connectivity index (χ0n) is 37.4. The summed E-state index contributed by atoms with van der Waals surface area (Å²) < 4.78 is 42.4. The number of ether oxygens (including phenoxy) is 2. The number of fused-ring (bicyclic) bond motifs is 3. The van der Waals surface area contributed by atoms with Crippen LogP contribution in [0.25, 0.3) is 22.3 Å². The van der Waals surface area contributed by atoms with Gasteiger partial charge in [-0.15, -0.1) is 11.3 Å². The number of nitrogens with zero attached hydrogens (tertiary/aromatic N) is 3. The standard InChI is InChI=1S/C46H60N8O8S2/c1-27(2)33(22-41(55)47-5)43(57)54-25-31(62-39-23-36(37-26-63-45(51-37)49-28(3)4)50-35-20-30(61-6)17-18-32(35)39)21-38(54)42(56)52-46-24-29(46)14-10-8-7-9-13-19-48-34-15-11-12-16-40(34)64(59,60)53-44(46)58/h11-12,15-18,20,23,26-29,31,33,38,48H,7-10,13-14,19,21-22,24-25H2,1-6H3,(H,47,55)(H,49,51)(H,52,56)(H,53,58)/t29-,31-,33+,38+,46-/m1/s1. The Morgan fingerprint density at radius 2 is 1.77 bits per heavy atom. The number of carbonyl (C=O) groups excluding carboxylic acids is 4. The minimum Gasteiger partial charge on any atom is -0.497 e. The first-order valence-electron chi connectivity index (χ1n) is 22.2. The molecule has 4 aromatic rings. The largest absolute Gasteiger partial charge is 0.497 e. The fourth-order valence-corrected chi connectivity index (χ4v) is 10.8. The van der Waals surface area contributed by atoms with E-state index >= 15 is 0 Å². The average Bonchev–Trinajstić information content (AvgIpc) is 3.52. The van der Waals surface area contributed by atoms with Crippen LogP contribution in [-0.4, -0.2) is 97.9 Å². The van der Waals surface area contributed by atoms with Crippen LogP contribution in [0, 0.1) is 17.8 Å². The minimum atomic E-state index is -4.36. The van der Waals surface area contributed by atoms with Gasteiger partial charge in [0.25, 0.3) is 15.9 Å². The van der Waals surface area contributed by atoms with E-state index in [1.165, 1.54) is 29.4 Å². The number of rotatable bonds is 12. The van der Waals surface area contributed by atoms with Crippen LogP contribution in [0.2, 0.25) is 0 Å². The molecule has 0 radical (unpaired) electrons. The number of nitrogens with one attached hydrogen (secondary N) is 5. The molecule has 64 heavy (non-hydrogen) atoms. The van der Waals surface area contributed by atoms with Crippen LogP contribution in [0.1, 0.15) is 85.5 Å². The van der Waals surface area contributed by atoms with Gasteiger partial charge in [-0.25, -0.2) is 23.1 Å². The van der Waals surface area contributed by atoms with Gasteiger partial charge in [0, 0.05) is 61.3 Å². The number of carbonyl (C=O) groups is 4. The van der Waals surface area contributed by atoms with Crippen molar-refractivity contribution in [2.75, 3.05) is 37.9 Å². The topological polar surface area (TPSA) is 210 Å². The molecular formula is C46H60N8O8S2. The summed E-state index contributed by atoms with van der Waals surface area (Å²) in [6, 6.07) is 12.8. The maximum atomic E-state index is 14.8. The molecule has 0 bridgehead atoms. The predicted molar refractivity (Wildman–Crippen MR) is 247 cm³/mol. The lowest BCUT2D eigenvalue weighted by atomic mass is 9.90. The van der Waals surface area contributed by atoms with E-state index in [1.807, 2.05) is 39.1 Å². The number of thiazole rings is 1. The van der Waals surface area contributed by atoms with Crippen molar-refractivity contribution in [2.24, 2.45) is 17.8 Å². The summed E-state index contributed by atoms with van der Waals surface area (Å²) in [5, 5.41) is 15.5. The van der Waals surface area contributed by atoms with Gasteiger partial charge in [0.2, 0.25) is 17.7 Å². The summed E-state index contributed by atoms with van der Waals surface area (Å²) >= 11 is 1.46. The molecule has 18 heteroatoms. The second-order valence-electron chi connectivity index (χ2n) is 17.7. The third kappa shape index (κ3) is 10.4. The van der Waals surface area contributed by atoms with Crippen LogP contribution in [0.3, 0.4) is 0 Å². The molecule has 7 rings (SSSR count). The van der Waals surface area contributed by atoms with Crippen LogP contribution >= 0.6 is 11.3 Å². The van der Waals surface area contributed by atoms with Crippen molar-refractivity contribution in [3.63, 3.8) is 0 Å². The Balaban J connectivity index is 1.21. The number of anilines is 2. The Hall–Kier alpha value is -5.49. The highest BCUT2D eigenvalue weighted by atomic mass is 32.2. The molecule has 3 aliphatic rings. The van der Waals surface area contributed by atoms with Gasteiger partial charge in [-0.1, -0.05) is 51.7 Å². The molecule has 0 unspecified atom stereocenters. The van der Waals surface area contributed by atoms with Crippen LogP contribution < -0.4 is 35.5 Å². The van der Waals surface area contributed by atoms with Crippen molar-refractivity contribution >= 4 is 66.7 Å². The Morgan fingerprint density at radius 3 is 2.52 bits per heavy atom. The third-order valence-corrected chi connectivity index (χ3v) is 14.6. The number of para-hydroxylation sites is 1. The molecule has 2 aliphatic heterocycles. The molecule has 2 aromatic heterocycles. The van der Waals surface area contributed by atoms with Gasteiger partial charge in [-0.05, 0) is 69.2 Å². The number of benzene rings is 2. The molecule has 1 aliphatic carbocycles. The molecule has 16 nitrogen and oxygen atoms in total. The van der Waals surface area contributed by atoms with E-state index in [1.54, 1.807) is 43.5 Å². The van der Waals surface area contributed by atoms with E-state index in [2.05, 4.69) is 26.0 Å². The molecule has 5 N–H and O–H groups in total. The lowest BCUT2D eigenvalue weighted by Crippen LogP contribution is -2.57. The SMILES string of the molecule is CNC(=O)C[C@H](C(=O)N1C[C@H](Oc2cc(-c3csc(NC(C)C)n3)nc3cc(OC)ccc23)C[C@H]1C(=O)N[C@]12C[C@H]1CCCCCCCNc1ccccc1S(=O)(=O)NC2=O)C(C)C. The predicted octanol–water partition coefficient (Wildman–Crippen LogP) is 6.09. The Kier molecular flexibility index (Phi) is 14.3. The molecule has 2 fully saturated rings. The van der Waals surface area contributed by atoms with Crippen molar-refractivity contribution in [1.82, 2.24) is 30.2 Å². The lowest BCUT2D eigenvalue weighted by molar-refractivity contribution is -0.145. The zero-order chi connectivity index (χ0) is 45.8. The van der Waals surface area contributed by atoms with E-state index in [4.69, 9.17) is 19.4 Å². The van der Waals surface area contributed by atoms with Crippen LogP contribution in [0.5, 0.6) is 11.5 Å². The minimum absolute atomic E-state index is 0.00311.